The molecule has 3 fully saturated rings. The van der Waals surface area contributed by atoms with E-state index in [0.717, 1.165) is 60.2 Å². The van der Waals surface area contributed by atoms with E-state index in [4.69, 9.17) is 0 Å². The van der Waals surface area contributed by atoms with Gasteiger partial charge in [0.2, 0.25) is 0 Å². The summed E-state index contributed by atoms with van der Waals surface area (Å²) in [6.07, 6.45) is 9.41. The molecule has 7 heteroatoms. The van der Waals surface area contributed by atoms with Crippen molar-refractivity contribution in [3.05, 3.63) is 84.1 Å². The van der Waals surface area contributed by atoms with Crippen molar-refractivity contribution in [2.24, 2.45) is 11.8 Å². The lowest BCUT2D eigenvalue weighted by atomic mass is 9.80. The molecule has 1 aromatic carbocycles. The molecule has 3 aliphatic carbocycles. The predicted molar refractivity (Wildman–Crippen MR) is 129 cm³/mol. The van der Waals surface area contributed by atoms with Crippen LogP contribution in [0.25, 0.3) is 16.6 Å². The van der Waals surface area contributed by atoms with E-state index in [2.05, 4.69) is 38.8 Å². The summed E-state index contributed by atoms with van der Waals surface area (Å²) in [6.45, 7) is 2.06. The fraction of sp³-hybridized carbons (Fsp3) is 0.333. The molecule has 3 N–H and O–H groups in total. The zero-order valence-corrected chi connectivity index (χ0v) is 18.9. The van der Waals surface area contributed by atoms with E-state index in [1.807, 2.05) is 41.2 Å². The maximum absolute atomic E-state index is 14.1. The molecule has 3 heterocycles. The molecular weight excluding hydrogens is 429 g/mol. The van der Waals surface area contributed by atoms with Crippen LogP contribution < -0.4 is 10.6 Å². The molecular formula is C27H28FN5O. The van der Waals surface area contributed by atoms with Crippen LogP contribution in [0.1, 0.15) is 40.9 Å². The minimum atomic E-state index is -0.855. The fourth-order valence-corrected chi connectivity index (χ4v) is 5.57. The van der Waals surface area contributed by atoms with E-state index in [1.54, 1.807) is 12.4 Å². The lowest BCUT2D eigenvalue weighted by Gasteiger charge is -2.30. The normalized spacial score (nSPS) is 23.2. The Morgan fingerprint density at radius 2 is 1.97 bits per heavy atom. The molecule has 2 bridgehead atoms. The number of hydrogen-bond acceptors (Lipinski definition) is 3. The van der Waals surface area contributed by atoms with E-state index < -0.39 is 5.67 Å². The van der Waals surface area contributed by atoms with Gasteiger partial charge < -0.3 is 20.2 Å². The van der Waals surface area contributed by atoms with Gasteiger partial charge in [0.25, 0.3) is 5.91 Å². The van der Waals surface area contributed by atoms with Gasteiger partial charge >= 0.3 is 0 Å². The number of pyridine rings is 1. The van der Waals surface area contributed by atoms with Gasteiger partial charge in [-0.1, -0.05) is 12.1 Å². The maximum Gasteiger partial charge on any atom is 0.253 e. The topological polar surface area (TPSA) is 74.7 Å². The number of amides is 1. The third-order valence-corrected chi connectivity index (χ3v) is 7.36. The van der Waals surface area contributed by atoms with Gasteiger partial charge in [0.15, 0.2) is 0 Å². The SMILES string of the molecule is O=C(NCc1ccc2cc(CNCC3CC4(F)CC3C4)[nH]c2c1)c1cncc(-n2cccc2)c1. The first-order chi connectivity index (χ1) is 16.5. The Kier molecular flexibility index (Phi) is 5.21. The summed E-state index contributed by atoms with van der Waals surface area (Å²) in [7, 11) is 0. The van der Waals surface area contributed by atoms with E-state index >= 15 is 0 Å². The first kappa shape index (κ1) is 21.1. The lowest BCUT2D eigenvalue weighted by Crippen LogP contribution is -2.30. The number of aromatic nitrogens is 3. The molecule has 7 rings (SSSR count). The van der Waals surface area contributed by atoms with Crippen molar-refractivity contribution in [3.63, 3.8) is 0 Å². The van der Waals surface area contributed by atoms with Gasteiger partial charge in [-0.2, -0.15) is 0 Å². The average Bonchev–Trinajstić information content (AvgIpc) is 3.60. The number of hydrogen-bond donors (Lipinski definition) is 3. The molecule has 4 aromatic rings. The second kappa shape index (κ2) is 8.40. The molecule has 0 aliphatic heterocycles. The summed E-state index contributed by atoms with van der Waals surface area (Å²) in [6, 6.07) is 14.0. The summed E-state index contributed by atoms with van der Waals surface area (Å²) in [5.41, 5.74) is 3.71. The summed E-state index contributed by atoms with van der Waals surface area (Å²) < 4.78 is 16.0. The van der Waals surface area contributed by atoms with Crippen LogP contribution in [0.5, 0.6) is 0 Å². The Balaban J connectivity index is 1.05. The molecule has 1 amide bonds. The van der Waals surface area contributed by atoms with Gasteiger partial charge in [0.1, 0.15) is 5.67 Å². The standard InChI is InChI=1S/C27H28FN5O/c28-27-10-21(11-27)22(12-27)15-29-16-23-8-19-4-3-18(7-25(19)32-23)13-31-26(34)20-9-24(17-30-14-20)33-5-1-2-6-33/h1-9,14,17,21-22,29,32H,10-13,15-16H2,(H,31,34). The third kappa shape index (κ3) is 4.12. The van der Waals surface area contributed by atoms with Crippen LogP contribution >= 0.6 is 0 Å². The van der Waals surface area contributed by atoms with Crippen LogP contribution in [0, 0.1) is 11.8 Å². The summed E-state index contributed by atoms with van der Waals surface area (Å²) in [5, 5.41) is 7.63. The zero-order chi connectivity index (χ0) is 23.1. The first-order valence-electron chi connectivity index (χ1n) is 11.9. The van der Waals surface area contributed by atoms with E-state index in [0.29, 0.717) is 23.9 Å². The van der Waals surface area contributed by atoms with Gasteiger partial charge in [-0.25, -0.2) is 4.39 Å². The highest BCUT2D eigenvalue weighted by Crippen LogP contribution is 2.57. The largest absolute Gasteiger partial charge is 0.357 e. The fourth-order valence-electron chi connectivity index (χ4n) is 5.57. The number of aromatic amines is 1. The van der Waals surface area contributed by atoms with Crippen LogP contribution in [-0.4, -0.2) is 32.7 Å². The quantitative estimate of drug-likeness (QED) is 0.364. The van der Waals surface area contributed by atoms with E-state index in [-0.39, 0.29) is 5.91 Å². The summed E-state index contributed by atoms with van der Waals surface area (Å²) in [5.74, 6) is 0.895. The number of alkyl halides is 1. The van der Waals surface area contributed by atoms with Gasteiger partial charge in [-0.05, 0) is 78.9 Å². The van der Waals surface area contributed by atoms with Crippen LogP contribution in [-0.2, 0) is 13.1 Å². The van der Waals surface area contributed by atoms with Gasteiger partial charge in [-0.3, -0.25) is 9.78 Å². The predicted octanol–water partition coefficient (Wildman–Crippen LogP) is 4.51. The number of H-pyrrole nitrogens is 1. The Bertz CT molecular complexity index is 1320. The van der Waals surface area contributed by atoms with Crippen molar-refractivity contribution in [1.29, 1.82) is 0 Å². The molecule has 0 radical (unpaired) electrons. The smallest absolute Gasteiger partial charge is 0.253 e. The van der Waals surface area contributed by atoms with Crippen molar-refractivity contribution in [2.75, 3.05) is 6.54 Å². The van der Waals surface area contributed by atoms with Crippen molar-refractivity contribution in [3.8, 4) is 5.69 Å². The molecule has 0 spiro atoms. The minimum Gasteiger partial charge on any atom is -0.357 e. The van der Waals surface area contributed by atoms with Crippen molar-refractivity contribution >= 4 is 16.8 Å². The summed E-state index contributed by atoms with van der Waals surface area (Å²) >= 11 is 0. The highest BCUT2D eigenvalue weighted by molar-refractivity contribution is 5.94. The van der Waals surface area contributed by atoms with Crippen LogP contribution in [0.15, 0.2) is 67.3 Å². The molecule has 3 aliphatic rings. The second-order valence-electron chi connectivity index (χ2n) is 9.84. The van der Waals surface area contributed by atoms with Gasteiger partial charge in [-0.15, -0.1) is 0 Å². The molecule has 6 nitrogen and oxygen atoms in total. The van der Waals surface area contributed by atoms with Crippen molar-refractivity contribution < 1.29 is 9.18 Å². The molecule has 3 aromatic heterocycles. The first-order valence-corrected chi connectivity index (χ1v) is 11.9. The Morgan fingerprint density at radius 1 is 1.12 bits per heavy atom. The number of rotatable bonds is 8. The van der Waals surface area contributed by atoms with Gasteiger partial charge in [0, 0.05) is 42.9 Å². The molecule has 174 valence electrons. The van der Waals surface area contributed by atoms with Crippen LogP contribution in [0.3, 0.4) is 0 Å². The lowest BCUT2D eigenvalue weighted by molar-refractivity contribution is 0.0738. The number of halogens is 1. The third-order valence-electron chi connectivity index (χ3n) is 7.36. The number of nitrogens with zero attached hydrogens (tertiary/aromatic N) is 2. The maximum atomic E-state index is 14.1. The number of benzene rings is 1. The number of carbonyl (C=O) groups is 1. The second-order valence-corrected chi connectivity index (χ2v) is 9.84. The monoisotopic (exact) mass is 457 g/mol. The summed E-state index contributed by atoms with van der Waals surface area (Å²) in [4.78, 5) is 20.4. The number of fused-ring (bicyclic) bond motifs is 2. The van der Waals surface area contributed by atoms with Crippen molar-refractivity contribution in [1.82, 2.24) is 25.2 Å². The van der Waals surface area contributed by atoms with Crippen LogP contribution in [0.2, 0.25) is 0 Å². The van der Waals surface area contributed by atoms with Crippen LogP contribution in [0.4, 0.5) is 4.39 Å². The molecule has 1 atom stereocenters. The van der Waals surface area contributed by atoms with Gasteiger partial charge in [0.05, 0.1) is 17.4 Å². The highest BCUT2D eigenvalue weighted by Gasteiger charge is 2.56. The molecule has 34 heavy (non-hydrogen) atoms. The zero-order valence-electron chi connectivity index (χ0n) is 18.9. The Morgan fingerprint density at radius 3 is 2.76 bits per heavy atom. The highest BCUT2D eigenvalue weighted by atomic mass is 19.1. The Hall–Kier alpha value is -3.45. The van der Waals surface area contributed by atoms with E-state index in [1.165, 1.54) is 0 Å². The molecule has 3 saturated carbocycles. The minimum absolute atomic E-state index is 0.155. The van der Waals surface area contributed by atoms with E-state index in [9.17, 15) is 9.18 Å². The number of nitrogens with one attached hydrogen (secondary N) is 3. The molecule has 0 saturated heterocycles. The Labute approximate surface area is 197 Å². The molecule has 1 unspecified atom stereocenters. The number of carbonyl (C=O) groups excluding carboxylic acids is 1. The van der Waals surface area contributed by atoms with Crippen molar-refractivity contribution in [2.45, 2.75) is 38.0 Å². The average molecular weight is 458 g/mol.